The van der Waals surface area contributed by atoms with Gasteiger partial charge >= 0.3 is 0 Å². The molecule has 2 aromatic rings. The van der Waals surface area contributed by atoms with Gasteiger partial charge in [-0.25, -0.2) is 4.98 Å². The predicted octanol–water partition coefficient (Wildman–Crippen LogP) is 2.42. The summed E-state index contributed by atoms with van der Waals surface area (Å²) in [5, 5.41) is 7.44. The third kappa shape index (κ3) is 1.91. The molecule has 0 bridgehead atoms. The summed E-state index contributed by atoms with van der Waals surface area (Å²) in [7, 11) is 0. The van der Waals surface area contributed by atoms with Gasteiger partial charge in [0, 0.05) is 24.0 Å². The van der Waals surface area contributed by atoms with Crippen molar-refractivity contribution in [2.45, 2.75) is 43.7 Å². The van der Waals surface area contributed by atoms with Crippen LogP contribution in [0.25, 0.3) is 5.65 Å². The van der Waals surface area contributed by atoms with Crippen molar-refractivity contribution in [3.05, 3.63) is 30.6 Å². The minimum Gasteiger partial charge on any atom is -0.368 e. The molecular weight excluding hydrogens is 236 g/mol. The molecule has 3 heterocycles. The Bertz CT molecular complexity index is 585. The van der Waals surface area contributed by atoms with E-state index in [1.807, 2.05) is 18.5 Å². The number of nitrogens with one attached hydrogen (secondary N) is 2. The summed E-state index contributed by atoms with van der Waals surface area (Å²) < 4.78 is 2.13. The normalized spacial score (nSPS) is 25.4. The topological polar surface area (TPSA) is 41.4 Å². The summed E-state index contributed by atoms with van der Waals surface area (Å²) in [4.78, 5) is 4.34. The van der Waals surface area contributed by atoms with Crippen molar-refractivity contribution in [2.24, 2.45) is 0 Å². The zero-order chi connectivity index (χ0) is 12.7. The number of piperidine rings is 1. The summed E-state index contributed by atoms with van der Waals surface area (Å²) in [6, 6.07) is 6.84. The average Bonchev–Trinajstić information content (AvgIpc) is 2.87. The van der Waals surface area contributed by atoms with Crippen molar-refractivity contribution in [1.29, 1.82) is 0 Å². The van der Waals surface area contributed by atoms with Crippen LogP contribution in [0.4, 0.5) is 5.82 Å². The van der Waals surface area contributed by atoms with E-state index in [1.54, 1.807) is 0 Å². The number of hydrogen-bond donors (Lipinski definition) is 2. The molecule has 0 radical (unpaired) electrons. The van der Waals surface area contributed by atoms with Gasteiger partial charge < -0.3 is 10.6 Å². The number of nitrogens with zero attached hydrogens (tertiary/aromatic N) is 2. The van der Waals surface area contributed by atoms with E-state index < -0.39 is 0 Å². The second-order valence-electron chi connectivity index (χ2n) is 5.96. The lowest BCUT2D eigenvalue weighted by molar-refractivity contribution is 0.135. The van der Waals surface area contributed by atoms with Crippen molar-refractivity contribution in [3.8, 4) is 0 Å². The zero-order valence-corrected chi connectivity index (χ0v) is 11.1. The minimum atomic E-state index is 0.443. The van der Waals surface area contributed by atoms with Crippen LogP contribution in [0.15, 0.2) is 30.6 Å². The SMILES string of the molecule is c1cc(NC2CCNC3(CCC3)C2)n2ccnc2c1. The Balaban J connectivity index is 1.56. The van der Waals surface area contributed by atoms with Crippen molar-refractivity contribution < 1.29 is 0 Å². The number of aromatic nitrogens is 2. The van der Waals surface area contributed by atoms with Crippen LogP contribution in [0.3, 0.4) is 0 Å². The van der Waals surface area contributed by atoms with Crippen LogP contribution < -0.4 is 10.6 Å². The second kappa shape index (κ2) is 4.23. The van der Waals surface area contributed by atoms with Crippen LogP contribution in [-0.4, -0.2) is 27.5 Å². The lowest BCUT2D eigenvalue weighted by atomic mass is 9.70. The maximum atomic E-state index is 4.34. The number of rotatable bonds is 2. The Morgan fingerprint density at radius 3 is 3.16 bits per heavy atom. The molecule has 1 atom stereocenters. The lowest BCUT2D eigenvalue weighted by Crippen LogP contribution is -2.58. The van der Waals surface area contributed by atoms with E-state index in [1.165, 1.54) is 32.1 Å². The number of pyridine rings is 1. The van der Waals surface area contributed by atoms with Gasteiger partial charge in [0.1, 0.15) is 11.5 Å². The monoisotopic (exact) mass is 256 g/mol. The van der Waals surface area contributed by atoms with E-state index in [0.717, 1.165) is 18.0 Å². The third-order valence-electron chi connectivity index (χ3n) is 4.72. The molecule has 19 heavy (non-hydrogen) atoms. The van der Waals surface area contributed by atoms with Gasteiger partial charge in [0.15, 0.2) is 0 Å². The maximum absolute atomic E-state index is 4.34. The highest BCUT2D eigenvalue weighted by atomic mass is 15.1. The fraction of sp³-hybridized carbons (Fsp3) is 0.533. The Hall–Kier alpha value is -1.55. The molecule has 4 rings (SSSR count). The summed E-state index contributed by atoms with van der Waals surface area (Å²) in [5.41, 5.74) is 1.45. The molecule has 2 N–H and O–H groups in total. The smallest absolute Gasteiger partial charge is 0.138 e. The molecule has 2 fully saturated rings. The standard InChI is InChI=1S/C15H20N4/c1-3-13-16-9-10-19(13)14(4-1)18-12-5-8-17-15(11-12)6-2-7-15/h1,3-4,9-10,12,17-18H,2,5-8,11H2. The van der Waals surface area contributed by atoms with Crippen LogP contribution in [0.2, 0.25) is 0 Å². The van der Waals surface area contributed by atoms with Gasteiger partial charge in [0.25, 0.3) is 0 Å². The maximum Gasteiger partial charge on any atom is 0.138 e. The molecule has 0 aromatic carbocycles. The van der Waals surface area contributed by atoms with Crippen LogP contribution in [0.1, 0.15) is 32.1 Å². The van der Waals surface area contributed by atoms with E-state index in [-0.39, 0.29) is 0 Å². The summed E-state index contributed by atoms with van der Waals surface area (Å²) in [5.74, 6) is 1.16. The first-order chi connectivity index (χ1) is 9.35. The predicted molar refractivity (Wildman–Crippen MR) is 76.4 cm³/mol. The molecule has 2 aliphatic rings. The van der Waals surface area contributed by atoms with Gasteiger partial charge in [-0.1, -0.05) is 6.07 Å². The molecule has 0 amide bonds. The number of fused-ring (bicyclic) bond motifs is 1. The first-order valence-corrected chi connectivity index (χ1v) is 7.28. The van der Waals surface area contributed by atoms with Gasteiger partial charge in [-0.3, -0.25) is 4.40 Å². The highest BCUT2D eigenvalue weighted by Crippen LogP contribution is 2.38. The van der Waals surface area contributed by atoms with Crippen molar-refractivity contribution in [2.75, 3.05) is 11.9 Å². The number of anilines is 1. The van der Waals surface area contributed by atoms with Gasteiger partial charge in [0.05, 0.1) is 0 Å². The number of imidazole rings is 1. The van der Waals surface area contributed by atoms with Crippen LogP contribution in [-0.2, 0) is 0 Å². The van der Waals surface area contributed by atoms with Gasteiger partial charge in [0.2, 0.25) is 0 Å². The quantitative estimate of drug-likeness (QED) is 0.867. The second-order valence-corrected chi connectivity index (χ2v) is 5.96. The van der Waals surface area contributed by atoms with Crippen LogP contribution >= 0.6 is 0 Å². The van der Waals surface area contributed by atoms with E-state index in [4.69, 9.17) is 0 Å². The molecule has 1 aliphatic heterocycles. The molecule has 4 heteroatoms. The zero-order valence-electron chi connectivity index (χ0n) is 11.1. The Morgan fingerprint density at radius 1 is 1.37 bits per heavy atom. The van der Waals surface area contributed by atoms with Gasteiger partial charge in [-0.05, 0) is 50.8 Å². The average molecular weight is 256 g/mol. The Kier molecular flexibility index (Phi) is 2.52. The molecular formula is C15H20N4. The summed E-state index contributed by atoms with van der Waals surface area (Å²) >= 11 is 0. The summed E-state index contributed by atoms with van der Waals surface area (Å²) in [6.07, 6.45) is 10.4. The van der Waals surface area contributed by atoms with Crippen molar-refractivity contribution >= 4 is 11.5 Å². The van der Waals surface area contributed by atoms with Gasteiger partial charge in [-0.2, -0.15) is 0 Å². The molecule has 1 aliphatic carbocycles. The van der Waals surface area contributed by atoms with E-state index >= 15 is 0 Å². The highest BCUT2D eigenvalue weighted by molar-refractivity contribution is 5.50. The first kappa shape index (κ1) is 11.3. The van der Waals surface area contributed by atoms with Crippen LogP contribution in [0.5, 0.6) is 0 Å². The third-order valence-corrected chi connectivity index (χ3v) is 4.72. The van der Waals surface area contributed by atoms with Crippen molar-refractivity contribution in [1.82, 2.24) is 14.7 Å². The molecule has 1 unspecified atom stereocenters. The Morgan fingerprint density at radius 2 is 2.32 bits per heavy atom. The fourth-order valence-electron chi connectivity index (χ4n) is 3.54. The van der Waals surface area contributed by atoms with Crippen LogP contribution in [0, 0.1) is 0 Å². The van der Waals surface area contributed by atoms with E-state index in [0.29, 0.717) is 11.6 Å². The largest absolute Gasteiger partial charge is 0.368 e. The molecule has 2 aromatic heterocycles. The summed E-state index contributed by atoms with van der Waals surface area (Å²) in [6.45, 7) is 1.14. The fourth-order valence-corrected chi connectivity index (χ4v) is 3.54. The first-order valence-electron chi connectivity index (χ1n) is 7.28. The molecule has 100 valence electrons. The minimum absolute atomic E-state index is 0.443. The number of hydrogen-bond acceptors (Lipinski definition) is 3. The Labute approximate surface area is 113 Å². The van der Waals surface area contributed by atoms with Gasteiger partial charge in [-0.15, -0.1) is 0 Å². The molecule has 1 spiro atoms. The van der Waals surface area contributed by atoms with E-state index in [2.05, 4.69) is 32.2 Å². The van der Waals surface area contributed by atoms with E-state index in [9.17, 15) is 0 Å². The molecule has 1 saturated heterocycles. The van der Waals surface area contributed by atoms with Crippen molar-refractivity contribution in [3.63, 3.8) is 0 Å². The highest BCUT2D eigenvalue weighted by Gasteiger charge is 2.40. The molecule has 4 nitrogen and oxygen atoms in total. The lowest BCUT2D eigenvalue weighted by Gasteiger charge is -2.48. The molecule has 1 saturated carbocycles.